The van der Waals surface area contributed by atoms with Gasteiger partial charge in [-0.1, -0.05) is 90.4 Å². The first-order valence-corrected chi connectivity index (χ1v) is 8.48. The standard InChI is InChI=1S/C17H36N/c1-3-4-5-6-7-8-9-10-11-12-13-14-15-16-17(2)18/h17-18H,3-16H2,1-2H3. The van der Waals surface area contributed by atoms with Crippen LogP contribution in [0.4, 0.5) is 0 Å². The summed E-state index contributed by atoms with van der Waals surface area (Å²) in [4.78, 5) is 0. The molecule has 109 valence electrons. The second-order valence-corrected chi connectivity index (χ2v) is 5.93. The zero-order chi connectivity index (χ0) is 13.5. The van der Waals surface area contributed by atoms with Crippen molar-refractivity contribution in [3.8, 4) is 0 Å². The Morgan fingerprint density at radius 1 is 0.611 bits per heavy atom. The van der Waals surface area contributed by atoms with Crippen LogP contribution in [0.2, 0.25) is 0 Å². The lowest BCUT2D eigenvalue weighted by Gasteiger charge is -2.04. The Labute approximate surface area is 116 Å². The van der Waals surface area contributed by atoms with Crippen LogP contribution >= 0.6 is 0 Å². The van der Waals surface area contributed by atoms with E-state index >= 15 is 0 Å². The van der Waals surface area contributed by atoms with Crippen LogP contribution < -0.4 is 5.73 Å². The summed E-state index contributed by atoms with van der Waals surface area (Å²) in [5.41, 5.74) is 7.43. The second-order valence-electron chi connectivity index (χ2n) is 5.93. The highest BCUT2D eigenvalue weighted by Crippen LogP contribution is 2.13. The predicted molar refractivity (Wildman–Crippen MR) is 82.9 cm³/mol. The largest absolute Gasteiger partial charge is 0.255 e. The summed E-state index contributed by atoms with van der Waals surface area (Å²) in [6, 6.07) is 0.151. The Balaban J connectivity index is 2.90. The van der Waals surface area contributed by atoms with Gasteiger partial charge in [0.15, 0.2) is 0 Å². The molecule has 1 N–H and O–H groups in total. The molecular formula is C17H36N. The van der Waals surface area contributed by atoms with Crippen molar-refractivity contribution in [1.82, 2.24) is 5.73 Å². The highest BCUT2D eigenvalue weighted by atomic mass is 14.6. The summed E-state index contributed by atoms with van der Waals surface area (Å²) in [7, 11) is 0. The molecule has 0 aliphatic heterocycles. The van der Waals surface area contributed by atoms with Crippen molar-refractivity contribution in [2.75, 3.05) is 0 Å². The van der Waals surface area contributed by atoms with Crippen molar-refractivity contribution in [3.63, 3.8) is 0 Å². The zero-order valence-electron chi connectivity index (χ0n) is 13.0. The van der Waals surface area contributed by atoms with Crippen LogP contribution in [0.25, 0.3) is 0 Å². The molecule has 1 atom stereocenters. The summed E-state index contributed by atoms with van der Waals surface area (Å²) >= 11 is 0. The van der Waals surface area contributed by atoms with Gasteiger partial charge in [-0.15, -0.1) is 0 Å². The molecule has 0 rings (SSSR count). The Morgan fingerprint density at radius 3 is 1.28 bits per heavy atom. The van der Waals surface area contributed by atoms with Crippen LogP contribution in [0.3, 0.4) is 0 Å². The van der Waals surface area contributed by atoms with E-state index in [2.05, 4.69) is 6.92 Å². The Kier molecular flexibility index (Phi) is 15.0. The Hall–Kier alpha value is -0.0400. The highest BCUT2D eigenvalue weighted by molar-refractivity contribution is 4.53. The lowest BCUT2D eigenvalue weighted by Crippen LogP contribution is -2.01. The number of unbranched alkanes of at least 4 members (excludes halogenated alkanes) is 12. The molecule has 0 fully saturated rings. The number of hydrogen-bond donors (Lipinski definition) is 0. The molecule has 0 amide bonds. The normalized spacial score (nSPS) is 12.8. The first-order chi connectivity index (χ1) is 8.77. The van der Waals surface area contributed by atoms with Crippen LogP contribution in [-0.4, -0.2) is 6.04 Å². The van der Waals surface area contributed by atoms with Gasteiger partial charge in [-0.05, 0) is 13.3 Å². The Bertz CT molecular complexity index is 143. The minimum Gasteiger partial charge on any atom is -0.255 e. The first-order valence-electron chi connectivity index (χ1n) is 8.48. The van der Waals surface area contributed by atoms with Gasteiger partial charge in [0, 0.05) is 6.04 Å². The van der Waals surface area contributed by atoms with E-state index in [0.29, 0.717) is 0 Å². The van der Waals surface area contributed by atoms with Gasteiger partial charge in [0.05, 0.1) is 0 Å². The van der Waals surface area contributed by atoms with Crippen LogP contribution in [0.1, 0.15) is 104 Å². The third kappa shape index (κ3) is 16.0. The summed E-state index contributed by atoms with van der Waals surface area (Å²) < 4.78 is 0. The molecule has 1 radical (unpaired) electrons. The zero-order valence-corrected chi connectivity index (χ0v) is 13.0. The van der Waals surface area contributed by atoms with Crippen molar-refractivity contribution in [3.05, 3.63) is 0 Å². The molecule has 0 bridgehead atoms. The van der Waals surface area contributed by atoms with Crippen molar-refractivity contribution in [1.29, 1.82) is 0 Å². The van der Waals surface area contributed by atoms with Crippen LogP contribution in [0, 0.1) is 0 Å². The minimum absolute atomic E-state index is 0.151. The fourth-order valence-corrected chi connectivity index (χ4v) is 2.47. The SMILES string of the molecule is CCCCCCCCCCCCCCCC(C)[NH]. The molecule has 0 aromatic carbocycles. The fourth-order valence-electron chi connectivity index (χ4n) is 2.47. The maximum atomic E-state index is 7.43. The molecule has 0 saturated heterocycles. The summed E-state index contributed by atoms with van der Waals surface area (Å²) in [6.07, 6.45) is 19.5. The van der Waals surface area contributed by atoms with Crippen LogP contribution in [0.5, 0.6) is 0 Å². The summed E-state index contributed by atoms with van der Waals surface area (Å²) in [6.45, 7) is 4.28. The van der Waals surface area contributed by atoms with Crippen LogP contribution in [-0.2, 0) is 0 Å². The van der Waals surface area contributed by atoms with Gasteiger partial charge in [-0.25, -0.2) is 0 Å². The fraction of sp³-hybridized carbons (Fsp3) is 1.00. The molecule has 0 saturated carbocycles. The van der Waals surface area contributed by atoms with Gasteiger partial charge < -0.3 is 0 Å². The summed E-state index contributed by atoms with van der Waals surface area (Å²) in [5.74, 6) is 0. The van der Waals surface area contributed by atoms with Gasteiger partial charge in [0.2, 0.25) is 0 Å². The van der Waals surface area contributed by atoms with Crippen molar-refractivity contribution in [2.24, 2.45) is 0 Å². The van der Waals surface area contributed by atoms with E-state index in [9.17, 15) is 0 Å². The smallest absolute Gasteiger partial charge is 0.0184 e. The molecule has 1 heteroatoms. The third-order valence-corrected chi connectivity index (χ3v) is 3.74. The number of rotatable bonds is 14. The van der Waals surface area contributed by atoms with E-state index in [4.69, 9.17) is 5.73 Å². The van der Waals surface area contributed by atoms with Gasteiger partial charge in [-0.3, -0.25) is 5.73 Å². The highest BCUT2D eigenvalue weighted by Gasteiger charge is 1.96. The molecule has 0 heterocycles. The van der Waals surface area contributed by atoms with E-state index in [-0.39, 0.29) is 6.04 Å². The van der Waals surface area contributed by atoms with E-state index < -0.39 is 0 Å². The maximum Gasteiger partial charge on any atom is 0.0184 e. The first kappa shape index (κ1) is 18.0. The summed E-state index contributed by atoms with van der Waals surface area (Å²) in [5, 5.41) is 0. The van der Waals surface area contributed by atoms with Crippen molar-refractivity contribution in [2.45, 2.75) is 110 Å². The van der Waals surface area contributed by atoms with E-state index in [0.717, 1.165) is 6.42 Å². The van der Waals surface area contributed by atoms with Crippen molar-refractivity contribution >= 4 is 0 Å². The minimum atomic E-state index is 0.151. The monoisotopic (exact) mass is 254 g/mol. The quantitative estimate of drug-likeness (QED) is 0.332. The lowest BCUT2D eigenvalue weighted by atomic mass is 10.0. The van der Waals surface area contributed by atoms with E-state index in [1.807, 2.05) is 6.92 Å². The topological polar surface area (TPSA) is 23.8 Å². The van der Waals surface area contributed by atoms with Gasteiger partial charge in [0.25, 0.3) is 0 Å². The second kappa shape index (κ2) is 15.0. The average molecular weight is 254 g/mol. The molecule has 18 heavy (non-hydrogen) atoms. The predicted octanol–water partition coefficient (Wildman–Crippen LogP) is 6.14. The number of nitrogens with one attached hydrogen (secondary N) is 1. The third-order valence-electron chi connectivity index (χ3n) is 3.74. The van der Waals surface area contributed by atoms with Gasteiger partial charge in [0.1, 0.15) is 0 Å². The molecule has 0 aromatic heterocycles. The maximum absolute atomic E-state index is 7.43. The van der Waals surface area contributed by atoms with Crippen molar-refractivity contribution < 1.29 is 0 Å². The molecule has 1 unspecified atom stereocenters. The molecule has 0 aliphatic carbocycles. The van der Waals surface area contributed by atoms with Gasteiger partial charge in [-0.2, -0.15) is 0 Å². The molecular weight excluding hydrogens is 218 g/mol. The number of hydrogen-bond acceptors (Lipinski definition) is 0. The van der Waals surface area contributed by atoms with Gasteiger partial charge >= 0.3 is 0 Å². The average Bonchev–Trinajstić information content (AvgIpc) is 2.34. The van der Waals surface area contributed by atoms with E-state index in [1.165, 1.54) is 83.5 Å². The molecule has 0 spiro atoms. The van der Waals surface area contributed by atoms with Crippen LogP contribution in [0.15, 0.2) is 0 Å². The molecule has 1 nitrogen and oxygen atoms in total. The lowest BCUT2D eigenvalue weighted by molar-refractivity contribution is 0.522. The van der Waals surface area contributed by atoms with E-state index in [1.54, 1.807) is 0 Å². The molecule has 0 aliphatic rings. The Morgan fingerprint density at radius 2 is 0.944 bits per heavy atom. The molecule has 0 aromatic rings.